The third kappa shape index (κ3) is 6.01. The number of aliphatic hydroxyl groups is 2. The molecular formula is C26H28O6. The van der Waals surface area contributed by atoms with E-state index in [0.29, 0.717) is 0 Å². The lowest BCUT2D eigenvalue weighted by Crippen LogP contribution is -2.60. The number of benzene rings is 3. The molecule has 1 saturated heterocycles. The Bertz CT molecular complexity index is 865. The third-order valence-electron chi connectivity index (χ3n) is 5.34. The first kappa shape index (κ1) is 22.6. The second-order valence-electron chi connectivity index (χ2n) is 7.70. The molecule has 4 rings (SSSR count). The van der Waals surface area contributed by atoms with Gasteiger partial charge in [-0.3, -0.25) is 0 Å². The van der Waals surface area contributed by atoms with Gasteiger partial charge in [0.15, 0.2) is 12.6 Å². The number of hydrogen-bond donors (Lipinski definition) is 2. The molecule has 0 saturated carbocycles. The molecule has 0 bridgehead atoms. The van der Waals surface area contributed by atoms with Crippen molar-refractivity contribution in [3.05, 3.63) is 108 Å². The summed E-state index contributed by atoms with van der Waals surface area (Å²) in [5, 5.41) is 21.1. The lowest BCUT2D eigenvalue weighted by Gasteiger charge is -2.42. The number of aliphatic hydroxyl groups excluding tert-OH is 2. The molecule has 6 heteroatoms. The van der Waals surface area contributed by atoms with Crippen molar-refractivity contribution in [1.29, 1.82) is 0 Å². The highest BCUT2D eigenvalue weighted by atomic mass is 16.7. The van der Waals surface area contributed by atoms with Gasteiger partial charge in [-0.1, -0.05) is 91.0 Å². The summed E-state index contributed by atoms with van der Waals surface area (Å²) in [5.74, 6) is 0. The van der Waals surface area contributed by atoms with E-state index in [1.165, 1.54) is 0 Å². The smallest absolute Gasteiger partial charge is 0.187 e. The van der Waals surface area contributed by atoms with E-state index in [1.807, 2.05) is 91.0 Å². The largest absolute Gasteiger partial charge is 0.368 e. The van der Waals surface area contributed by atoms with Gasteiger partial charge in [0.2, 0.25) is 0 Å². The Morgan fingerprint density at radius 3 is 1.16 bits per heavy atom. The summed E-state index contributed by atoms with van der Waals surface area (Å²) in [4.78, 5) is 0. The molecule has 168 valence electrons. The SMILES string of the molecule is O[C@H]1O[C@H](O)[C@@H](OCc2ccccc2)[C@H](OCc2ccccc2)[C@H]1OCc1ccccc1. The van der Waals surface area contributed by atoms with Crippen molar-refractivity contribution >= 4 is 0 Å². The van der Waals surface area contributed by atoms with Crippen LogP contribution in [-0.4, -0.2) is 41.1 Å². The minimum absolute atomic E-state index is 0.263. The topological polar surface area (TPSA) is 77.4 Å². The van der Waals surface area contributed by atoms with E-state index in [4.69, 9.17) is 18.9 Å². The summed E-state index contributed by atoms with van der Waals surface area (Å²) in [5.41, 5.74) is 2.87. The summed E-state index contributed by atoms with van der Waals surface area (Å²) < 4.78 is 23.6. The summed E-state index contributed by atoms with van der Waals surface area (Å²) in [6.07, 6.45) is -5.15. The molecule has 32 heavy (non-hydrogen) atoms. The molecule has 0 unspecified atom stereocenters. The first-order chi connectivity index (χ1) is 15.7. The second-order valence-corrected chi connectivity index (χ2v) is 7.70. The quantitative estimate of drug-likeness (QED) is 0.535. The zero-order valence-corrected chi connectivity index (χ0v) is 17.7. The predicted octanol–water partition coefficient (Wildman–Crippen LogP) is 3.41. The Balaban J connectivity index is 1.50. The van der Waals surface area contributed by atoms with Gasteiger partial charge in [-0.05, 0) is 16.7 Å². The molecule has 3 aromatic rings. The summed E-state index contributed by atoms with van der Waals surface area (Å²) in [6.45, 7) is 0.804. The van der Waals surface area contributed by atoms with Crippen LogP contribution in [0, 0.1) is 0 Å². The number of rotatable bonds is 9. The minimum Gasteiger partial charge on any atom is -0.368 e. The van der Waals surface area contributed by atoms with E-state index >= 15 is 0 Å². The van der Waals surface area contributed by atoms with Crippen LogP contribution >= 0.6 is 0 Å². The fourth-order valence-corrected chi connectivity index (χ4v) is 3.65. The van der Waals surface area contributed by atoms with Gasteiger partial charge >= 0.3 is 0 Å². The molecule has 5 atom stereocenters. The molecule has 1 aliphatic heterocycles. The van der Waals surface area contributed by atoms with Gasteiger partial charge in [-0.2, -0.15) is 0 Å². The van der Waals surface area contributed by atoms with E-state index in [1.54, 1.807) is 0 Å². The van der Waals surface area contributed by atoms with Crippen molar-refractivity contribution < 1.29 is 29.2 Å². The molecule has 6 nitrogen and oxygen atoms in total. The maximum Gasteiger partial charge on any atom is 0.187 e. The van der Waals surface area contributed by atoms with Crippen LogP contribution in [0.25, 0.3) is 0 Å². The Kier molecular flexibility index (Phi) is 8.01. The lowest BCUT2D eigenvalue weighted by atomic mass is 10.0. The van der Waals surface area contributed by atoms with E-state index in [-0.39, 0.29) is 19.8 Å². The molecule has 3 aromatic carbocycles. The lowest BCUT2D eigenvalue weighted by molar-refractivity contribution is -0.351. The van der Waals surface area contributed by atoms with Crippen molar-refractivity contribution in [2.45, 2.75) is 50.7 Å². The van der Waals surface area contributed by atoms with Gasteiger partial charge in [0, 0.05) is 0 Å². The van der Waals surface area contributed by atoms with Crippen LogP contribution in [0.4, 0.5) is 0 Å². The average molecular weight is 437 g/mol. The first-order valence-electron chi connectivity index (χ1n) is 10.7. The van der Waals surface area contributed by atoms with E-state index in [9.17, 15) is 10.2 Å². The van der Waals surface area contributed by atoms with Crippen LogP contribution in [0.5, 0.6) is 0 Å². The van der Waals surface area contributed by atoms with Crippen LogP contribution in [-0.2, 0) is 38.8 Å². The zero-order chi connectivity index (χ0) is 22.2. The molecule has 0 amide bonds. The van der Waals surface area contributed by atoms with Crippen LogP contribution in [0.1, 0.15) is 16.7 Å². The highest BCUT2D eigenvalue weighted by molar-refractivity contribution is 5.15. The van der Waals surface area contributed by atoms with Gasteiger partial charge in [0.25, 0.3) is 0 Å². The summed E-state index contributed by atoms with van der Waals surface area (Å²) >= 11 is 0. The highest BCUT2D eigenvalue weighted by Gasteiger charge is 2.47. The van der Waals surface area contributed by atoms with Crippen LogP contribution < -0.4 is 0 Å². The van der Waals surface area contributed by atoms with Gasteiger partial charge in [0.1, 0.15) is 18.3 Å². The fraction of sp³-hybridized carbons (Fsp3) is 0.308. The molecular weight excluding hydrogens is 408 g/mol. The zero-order valence-electron chi connectivity index (χ0n) is 17.7. The number of ether oxygens (including phenoxy) is 4. The Morgan fingerprint density at radius 2 is 0.812 bits per heavy atom. The molecule has 0 aromatic heterocycles. The third-order valence-corrected chi connectivity index (χ3v) is 5.34. The molecule has 1 fully saturated rings. The molecule has 0 aliphatic carbocycles. The Morgan fingerprint density at radius 1 is 0.500 bits per heavy atom. The Hall–Kier alpha value is -2.58. The predicted molar refractivity (Wildman–Crippen MR) is 118 cm³/mol. The minimum atomic E-state index is -1.36. The van der Waals surface area contributed by atoms with Crippen molar-refractivity contribution in [3.63, 3.8) is 0 Å². The van der Waals surface area contributed by atoms with Gasteiger partial charge in [-0.25, -0.2) is 0 Å². The molecule has 0 spiro atoms. The summed E-state index contributed by atoms with van der Waals surface area (Å²) in [7, 11) is 0. The van der Waals surface area contributed by atoms with Gasteiger partial charge < -0.3 is 29.2 Å². The van der Waals surface area contributed by atoms with Crippen LogP contribution in [0.3, 0.4) is 0 Å². The fourth-order valence-electron chi connectivity index (χ4n) is 3.65. The van der Waals surface area contributed by atoms with E-state index in [0.717, 1.165) is 16.7 Å². The normalized spacial score (nSPS) is 25.5. The number of hydrogen-bond acceptors (Lipinski definition) is 6. The first-order valence-corrected chi connectivity index (χ1v) is 10.7. The van der Waals surface area contributed by atoms with Crippen molar-refractivity contribution in [1.82, 2.24) is 0 Å². The molecule has 0 radical (unpaired) electrons. The molecule has 2 N–H and O–H groups in total. The van der Waals surface area contributed by atoms with Crippen LogP contribution in [0.15, 0.2) is 91.0 Å². The monoisotopic (exact) mass is 436 g/mol. The standard InChI is InChI=1S/C26H28O6/c27-25-23(30-17-20-12-6-2-7-13-20)22(29-16-19-10-4-1-5-11-19)24(26(28)32-25)31-18-21-14-8-3-9-15-21/h1-15,22-28H,16-18H2/t22-,23-,24+,25-,26-/m0/s1. The summed E-state index contributed by atoms with van der Waals surface area (Å²) in [6, 6.07) is 29.0. The van der Waals surface area contributed by atoms with Crippen molar-refractivity contribution in [2.75, 3.05) is 0 Å². The Labute approximate surface area is 188 Å². The van der Waals surface area contributed by atoms with Gasteiger partial charge in [-0.15, -0.1) is 0 Å². The maximum absolute atomic E-state index is 10.5. The van der Waals surface area contributed by atoms with E-state index < -0.39 is 30.9 Å². The molecule has 1 heterocycles. The van der Waals surface area contributed by atoms with E-state index in [2.05, 4.69) is 0 Å². The highest BCUT2D eigenvalue weighted by Crippen LogP contribution is 2.28. The van der Waals surface area contributed by atoms with Gasteiger partial charge in [0.05, 0.1) is 19.8 Å². The van der Waals surface area contributed by atoms with Crippen molar-refractivity contribution in [3.8, 4) is 0 Å². The second kappa shape index (κ2) is 11.3. The average Bonchev–Trinajstić information content (AvgIpc) is 2.83. The maximum atomic E-state index is 10.5. The van der Waals surface area contributed by atoms with Crippen molar-refractivity contribution in [2.24, 2.45) is 0 Å². The molecule has 1 aliphatic rings. The van der Waals surface area contributed by atoms with Crippen LogP contribution in [0.2, 0.25) is 0 Å².